The largest absolute Gasteiger partial charge is 0.421 e. The van der Waals surface area contributed by atoms with E-state index in [1.54, 1.807) is 11.3 Å². The molecule has 0 aliphatic carbocycles. The number of thiophene rings is 1. The van der Waals surface area contributed by atoms with E-state index >= 15 is 0 Å². The standard InChI is InChI=1S/C15H12BrN3O2S/c16-11-1-3-12(4-2-11)17-13(20)5-6-14-18-19-15(21-14)10-7-8-22-9-10/h1-4,7-9H,5-6H2,(H,17,20). The van der Waals surface area contributed by atoms with Gasteiger partial charge in [-0.15, -0.1) is 10.2 Å². The maximum Gasteiger partial charge on any atom is 0.248 e. The van der Waals surface area contributed by atoms with Crippen molar-refractivity contribution in [1.29, 1.82) is 0 Å². The van der Waals surface area contributed by atoms with Gasteiger partial charge in [-0.05, 0) is 35.7 Å². The molecular formula is C15H12BrN3O2S. The Morgan fingerprint density at radius 2 is 2.05 bits per heavy atom. The van der Waals surface area contributed by atoms with Crippen LogP contribution in [0.3, 0.4) is 0 Å². The molecule has 0 saturated heterocycles. The number of carbonyl (C=O) groups excluding carboxylic acids is 1. The van der Waals surface area contributed by atoms with Crippen molar-refractivity contribution in [3.8, 4) is 11.5 Å². The second kappa shape index (κ2) is 6.85. The van der Waals surface area contributed by atoms with Gasteiger partial charge in [-0.2, -0.15) is 11.3 Å². The highest BCUT2D eigenvalue weighted by atomic mass is 79.9. The first-order valence-corrected chi connectivity index (χ1v) is 8.34. The van der Waals surface area contributed by atoms with E-state index in [1.165, 1.54) is 0 Å². The summed E-state index contributed by atoms with van der Waals surface area (Å²) in [5.74, 6) is 0.870. The molecule has 0 aliphatic heterocycles. The quantitative estimate of drug-likeness (QED) is 0.725. The van der Waals surface area contributed by atoms with Gasteiger partial charge in [0, 0.05) is 33.9 Å². The Morgan fingerprint density at radius 3 is 2.77 bits per heavy atom. The third-order valence-electron chi connectivity index (χ3n) is 2.93. The highest BCUT2D eigenvalue weighted by molar-refractivity contribution is 9.10. The third-order valence-corrected chi connectivity index (χ3v) is 4.14. The smallest absolute Gasteiger partial charge is 0.248 e. The number of carbonyl (C=O) groups is 1. The number of nitrogens with one attached hydrogen (secondary N) is 1. The lowest BCUT2D eigenvalue weighted by atomic mass is 10.2. The summed E-state index contributed by atoms with van der Waals surface area (Å²) in [5.41, 5.74) is 1.67. The van der Waals surface area contributed by atoms with Crippen molar-refractivity contribution < 1.29 is 9.21 Å². The van der Waals surface area contributed by atoms with Gasteiger partial charge in [-0.1, -0.05) is 15.9 Å². The number of benzene rings is 1. The molecule has 2 heterocycles. The summed E-state index contributed by atoms with van der Waals surface area (Å²) >= 11 is 4.92. The van der Waals surface area contributed by atoms with Crippen molar-refractivity contribution >= 4 is 38.9 Å². The van der Waals surface area contributed by atoms with Gasteiger partial charge >= 0.3 is 0 Å². The summed E-state index contributed by atoms with van der Waals surface area (Å²) in [6, 6.07) is 9.34. The molecular weight excluding hydrogens is 366 g/mol. The van der Waals surface area contributed by atoms with Gasteiger partial charge in [-0.3, -0.25) is 4.79 Å². The second-order valence-corrected chi connectivity index (χ2v) is 6.26. The number of hydrogen-bond acceptors (Lipinski definition) is 5. The van der Waals surface area contributed by atoms with Crippen molar-refractivity contribution in [2.24, 2.45) is 0 Å². The van der Waals surface area contributed by atoms with E-state index in [-0.39, 0.29) is 5.91 Å². The molecule has 112 valence electrons. The van der Waals surface area contributed by atoms with Crippen LogP contribution < -0.4 is 5.32 Å². The van der Waals surface area contributed by atoms with Gasteiger partial charge in [0.05, 0.1) is 0 Å². The fourth-order valence-corrected chi connectivity index (χ4v) is 2.73. The maximum absolute atomic E-state index is 11.9. The monoisotopic (exact) mass is 377 g/mol. The Balaban J connectivity index is 1.54. The summed E-state index contributed by atoms with van der Waals surface area (Å²) in [4.78, 5) is 11.9. The van der Waals surface area contributed by atoms with Gasteiger partial charge in [0.2, 0.25) is 17.7 Å². The Morgan fingerprint density at radius 1 is 1.23 bits per heavy atom. The fraction of sp³-hybridized carbons (Fsp3) is 0.133. The first kappa shape index (κ1) is 14.9. The predicted molar refractivity (Wildman–Crippen MR) is 88.7 cm³/mol. The van der Waals surface area contributed by atoms with Gasteiger partial charge in [0.25, 0.3) is 0 Å². The predicted octanol–water partition coefficient (Wildman–Crippen LogP) is 4.13. The molecule has 1 N–H and O–H groups in total. The zero-order chi connectivity index (χ0) is 15.4. The van der Waals surface area contributed by atoms with Gasteiger partial charge in [0.1, 0.15) is 0 Å². The number of aromatic nitrogens is 2. The molecule has 0 fully saturated rings. The molecule has 1 aromatic carbocycles. The minimum atomic E-state index is -0.0856. The third kappa shape index (κ3) is 3.80. The number of amides is 1. The number of anilines is 1. The average molecular weight is 378 g/mol. The number of halogens is 1. The number of rotatable bonds is 5. The van der Waals surface area contributed by atoms with Crippen LogP contribution in [0.15, 0.2) is 50.0 Å². The molecule has 22 heavy (non-hydrogen) atoms. The normalized spacial score (nSPS) is 10.6. The van der Waals surface area contributed by atoms with Crippen LogP contribution in [0.5, 0.6) is 0 Å². The minimum absolute atomic E-state index is 0.0856. The Bertz CT molecular complexity index is 753. The maximum atomic E-state index is 11.9. The van der Waals surface area contributed by atoms with Crippen molar-refractivity contribution in [2.45, 2.75) is 12.8 Å². The SMILES string of the molecule is O=C(CCc1nnc(-c2ccsc2)o1)Nc1ccc(Br)cc1. The first-order chi connectivity index (χ1) is 10.7. The van der Waals surface area contributed by atoms with Crippen LogP contribution in [0.1, 0.15) is 12.3 Å². The van der Waals surface area contributed by atoms with E-state index in [0.29, 0.717) is 24.6 Å². The van der Waals surface area contributed by atoms with Gasteiger partial charge in [0.15, 0.2) is 0 Å². The number of nitrogens with zero attached hydrogens (tertiary/aromatic N) is 2. The van der Waals surface area contributed by atoms with Crippen molar-refractivity contribution in [3.63, 3.8) is 0 Å². The van der Waals surface area contributed by atoms with Crippen LogP contribution in [0.25, 0.3) is 11.5 Å². The lowest BCUT2D eigenvalue weighted by Crippen LogP contribution is -2.12. The molecule has 0 unspecified atom stereocenters. The second-order valence-electron chi connectivity index (χ2n) is 4.57. The summed E-state index contributed by atoms with van der Waals surface area (Å²) < 4.78 is 6.51. The van der Waals surface area contributed by atoms with Crippen LogP contribution in [-0.4, -0.2) is 16.1 Å². The average Bonchev–Trinajstić information content (AvgIpc) is 3.18. The molecule has 0 atom stereocenters. The lowest BCUT2D eigenvalue weighted by Gasteiger charge is -2.03. The van der Waals surface area contributed by atoms with Crippen molar-refractivity contribution in [2.75, 3.05) is 5.32 Å². The number of aryl methyl sites for hydroxylation is 1. The molecule has 0 aliphatic rings. The molecule has 3 rings (SSSR count). The fourth-order valence-electron chi connectivity index (χ4n) is 1.83. The summed E-state index contributed by atoms with van der Waals surface area (Å²) in [5, 5.41) is 14.7. The van der Waals surface area contributed by atoms with E-state index in [9.17, 15) is 4.79 Å². The number of hydrogen-bond donors (Lipinski definition) is 1. The molecule has 5 nitrogen and oxygen atoms in total. The molecule has 0 spiro atoms. The van der Waals surface area contributed by atoms with E-state index in [0.717, 1.165) is 15.7 Å². The summed E-state index contributed by atoms with van der Waals surface area (Å²) in [6.45, 7) is 0. The van der Waals surface area contributed by atoms with E-state index < -0.39 is 0 Å². The first-order valence-electron chi connectivity index (χ1n) is 6.61. The molecule has 0 bridgehead atoms. The topological polar surface area (TPSA) is 68.0 Å². The van der Waals surface area contributed by atoms with Crippen molar-refractivity contribution in [3.05, 3.63) is 51.5 Å². The summed E-state index contributed by atoms with van der Waals surface area (Å²) in [7, 11) is 0. The van der Waals surface area contributed by atoms with Gasteiger partial charge < -0.3 is 9.73 Å². The van der Waals surface area contributed by atoms with Crippen LogP contribution in [0, 0.1) is 0 Å². The Labute approximate surface area is 139 Å². The van der Waals surface area contributed by atoms with Crippen LogP contribution in [-0.2, 0) is 11.2 Å². The van der Waals surface area contributed by atoms with E-state index in [4.69, 9.17) is 4.42 Å². The Kier molecular flexibility index (Phi) is 4.65. The van der Waals surface area contributed by atoms with E-state index in [2.05, 4.69) is 31.4 Å². The van der Waals surface area contributed by atoms with Gasteiger partial charge in [-0.25, -0.2) is 0 Å². The summed E-state index contributed by atoms with van der Waals surface area (Å²) in [6.07, 6.45) is 0.709. The Hall–Kier alpha value is -1.99. The van der Waals surface area contributed by atoms with Crippen molar-refractivity contribution in [1.82, 2.24) is 10.2 Å². The zero-order valence-corrected chi connectivity index (χ0v) is 13.9. The molecule has 1 amide bonds. The van der Waals surface area contributed by atoms with Crippen LogP contribution >= 0.6 is 27.3 Å². The highest BCUT2D eigenvalue weighted by Gasteiger charge is 2.11. The molecule has 7 heteroatoms. The van der Waals surface area contributed by atoms with Crippen LogP contribution in [0.4, 0.5) is 5.69 Å². The highest BCUT2D eigenvalue weighted by Crippen LogP contribution is 2.21. The molecule has 3 aromatic rings. The zero-order valence-electron chi connectivity index (χ0n) is 11.5. The molecule has 0 saturated carbocycles. The molecule has 2 aromatic heterocycles. The van der Waals surface area contributed by atoms with Crippen LogP contribution in [0.2, 0.25) is 0 Å². The van der Waals surface area contributed by atoms with E-state index in [1.807, 2.05) is 41.1 Å². The lowest BCUT2D eigenvalue weighted by molar-refractivity contribution is -0.116. The minimum Gasteiger partial charge on any atom is -0.421 e. The molecule has 0 radical (unpaired) electrons.